The smallest absolute Gasteiger partial charge is 0.343 e. The average molecular weight is 472 g/mol. The fraction of sp³-hybridized carbons (Fsp3) is 0.400. The molecular weight excluding hydrogens is 438 g/mol. The van der Waals surface area contributed by atoms with Crippen LogP contribution in [0.2, 0.25) is 0 Å². The highest BCUT2D eigenvalue weighted by atomic mass is 16.4. The minimum atomic E-state index is -1.19. The van der Waals surface area contributed by atoms with Crippen LogP contribution in [0.5, 0.6) is 11.6 Å². The highest BCUT2D eigenvalue weighted by molar-refractivity contribution is 5.49. The van der Waals surface area contributed by atoms with Gasteiger partial charge in [-0.3, -0.25) is 9.36 Å². The molecule has 2 aromatic heterocycles. The fourth-order valence-electron chi connectivity index (χ4n) is 3.84. The summed E-state index contributed by atoms with van der Waals surface area (Å²) in [7, 11) is 2.49. The summed E-state index contributed by atoms with van der Waals surface area (Å²) in [6.07, 6.45) is 0. The van der Waals surface area contributed by atoms with Gasteiger partial charge in [-0.2, -0.15) is 0 Å². The summed E-state index contributed by atoms with van der Waals surface area (Å²) < 4.78 is 6.66. The Kier molecular flexibility index (Phi) is 9.03. The summed E-state index contributed by atoms with van der Waals surface area (Å²) in [5.74, 6) is -2.24. The molecule has 0 bridgehead atoms. The molecule has 0 radical (unpaired) electrons. The van der Waals surface area contributed by atoms with Gasteiger partial charge >= 0.3 is 11.3 Å². The molecular formula is C25H33N3O6. The van der Waals surface area contributed by atoms with Gasteiger partial charge in [-0.15, -0.1) is 0 Å². The zero-order valence-electron chi connectivity index (χ0n) is 20.5. The summed E-state index contributed by atoms with van der Waals surface area (Å²) >= 11 is 0. The number of aromatic hydroxyl groups is 1. The zero-order chi connectivity index (χ0) is 25.6. The molecule has 9 heteroatoms. The van der Waals surface area contributed by atoms with E-state index in [1.54, 1.807) is 35.2 Å². The third-order valence-corrected chi connectivity index (χ3v) is 5.94. The first-order valence-corrected chi connectivity index (χ1v) is 11.3. The topological polar surface area (TPSA) is 122 Å². The van der Waals surface area contributed by atoms with Crippen LogP contribution in [0.25, 0.3) is 0 Å². The Balaban J connectivity index is 0.000000509. The molecule has 0 aliphatic heterocycles. The van der Waals surface area contributed by atoms with E-state index >= 15 is 0 Å². The number of rotatable bonds is 6. The molecule has 0 aliphatic carbocycles. The molecule has 0 amide bonds. The molecule has 0 spiro atoms. The van der Waals surface area contributed by atoms with Gasteiger partial charge in [0.15, 0.2) is 0 Å². The van der Waals surface area contributed by atoms with Crippen LogP contribution >= 0.6 is 0 Å². The van der Waals surface area contributed by atoms with Crippen molar-refractivity contribution in [1.29, 1.82) is 0 Å². The largest absolute Gasteiger partial charge is 0.860 e. The molecule has 0 aliphatic rings. The van der Waals surface area contributed by atoms with Crippen LogP contribution in [0.15, 0.2) is 55.2 Å². The number of quaternary nitrogens is 1. The minimum absolute atomic E-state index is 0.184. The Bertz CT molecular complexity index is 1280. The third-order valence-electron chi connectivity index (χ3n) is 5.94. The maximum Gasteiger partial charge on any atom is 0.343 e. The first kappa shape index (κ1) is 26.7. The normalized spacial score (nSPS) is 11.7. The van der Waals surface area contributed by atoms with Crippen LogP contribution in [0.3, 0.4) is 0 Å². The lowest BCUT2D eigenvalue weighted by Crippen LogP contribution is -3.11. The lowest BCUT2D eigenvalue weighted by Gasteiger charge is -2.25. The van der Waals surface area contributed by atoms with Crippen LogP contribution in [-0.2, 0) is 14.1 Å². The van der Waals surface area contributed by atoms with Gasteiger partial charge in [0.1, 0.15) is 11.5 Å². The van der Waals surface area contributed by atoms with Crippen molar-refractivity contribution < 1.29 is 19.5 Å². The minimum Gasteiger partial charge on any atom is -0.860 e. The van der Waals surface area contributed by atoms with Crippen molar-refractivity contribution in [3.05, 3.63) is 90.1 Å². The second-order valence-corrected chi connectivity index (χ2v) is 8.02. The van der Waals surface area contributed by atoms with Gasteiger partial charge in [0.25, 0.3) is 5.56 Å². The molecule has 0 fully saturated rings. The van der Waals surface area contributed by atoms with E-state index in [0.717, 1.165) is 9.13 Å². The van der Waals surface area contributed by atoms with E-state index in [1.165, 1.54) is 46.7 Å². The van der Waals surface area contributed by atoms with Crippen molar-refractivity contribution >= 4 is 0 Å². The quantitative estimate of drug-likeness (QED) is 0.531. The number of aryl methyl sites for hydroxylation is 1. The van der Waals surface area contributed by atoms with Crippen molar-refractivity contribution in [2.24, 2.45) is 14.1 Å². The molecule has 0 saturated carbocycles. The molecule has 3 aromatic rings. The van der Waals surface area contributed by atoms with Crippen LogP contribution < -0.4 is 26.9 Å². The summed E-state index contributed by atoms with van der Waals surface area (Å²) in [5, 5.41) is 23.2. The second-order valence-electron chi connectivity index (χ2n) is 8.02. The van der Waals surface area contributed by atoms with E-state index in [0.29, 0.717) is 5.56 Å². The Morgan fingerprint density at radius 3 is 2.00 bits per heavy atom. The van der Waals surface area contributed by atoms with Gasteiger partial charge in [-0.05, 0) is 39.1 Å². The average Bonchev–Trinajstić information content (AvgIpc) is 2.82. The van der Waals surface area contributed by atoms with E-state index in [1.807, 2.05) is 0 Å². The SMILES string of the molecule is CC[NH+](CC)CC.Cc1cc(O)c(C(c2ccccc2)c2c([O-])n(C)c(=O)n(C)c2=O)c(=O)o1. The molecule has 9 nitrogen and oxygen atoms in total. The van der Waals surface area contributed by atoms with E-state index in [-0.39, 0.29) is 16.9 Å². The van der Waals surface area contributed by atoms with Gasteiger partial charge in [0, 0.05) is 25.7 Å². The maximum absolute atomic E-state index is 12.8. The number of aromatic nitrogens is 2. The highest BCUT2D eigenvalue weighted by Crippen LogP contribution is 2.35. The monoisotopic (exact) mass is 471 g/mol. The molecule has 184 valence electrons. The summed E-state index contributed by atoms with van der Waals surface area (Å²) in [5.41, 5.74) is -2.61. The predicted octanol–water partition coefficient (Wildman–Crippen LogP) is 0.236. The summed E-state index contributed by atoms with van der Waals surface area (Å²) in [4.78, 5) is 39.0. The van der Waals surface area contributed by atoms with Gasteiger partial charge < -0.3 is 24.1 Å². The molecule has 34 heavy (non-hydrogen) atoms. The summed E-state index contributed by atoms with van der Waals surface area (Å²) in [6, 6.07) is 9.55. The molecule has 2 N–H and O–H groups in total. The van der Waals surface area contributed by atoms with Crippen LogP contribution in [0.4, 0.5) is 0 Å². The van der Waals surface area contributed by atoms with Crippen molar-refractivity contribution in [1.82, 2.24) is 9.13 Å². The molecule has 1 aromatic carbocycles. The molecule has 2 heterocycles. The first-order chi connectivity index (χ1) is 16.1. The van der Waals surface area contributed by atoms with Crippen LogP contribution in [-0.4, -0.2) is 33.9 Å². The zero-order valence-corrected chi connectivity index (χ0v) is 20.5. The highest BCUT2D eigenvalue weighted by Gasteiger charge is 2.29. The number of nitrogens with zero attached hydrogens (tertiary/aromatic N) is 2. The number of benzene rings is 1. The van der Waals surface area contributed by atoms with E-state index < -0.39 is 34.4 Å². The molecule has 3 rings (SSSR count). The van der Waals surface area contributed by atoms with Gasteiger partial charge in [-0.25, -0.2) is 9.59 Å². The van der Waals surface area contributed by atoms with E-state index in [2.05, 4.69) is 20.8 Å². The Morgan fingerprint density at radius 1 is 0.971 bits per heavy atom. The van der Waals surface area contributed by atoms with Crippen LogP contribution in [0.1, 0.15) is 49.1 Å². The van der Waals surface area contributed by atoms with Gasteiger partial charge in [-0.1, -0.05) is 30.3 Å². The first-order valence-electron chi connectivity index (χ1n) is 11.3. The molecule has 1 atom stereocenters. The summed E-state index contributed by atoms with van der Waals surface area (Å²) in [6.45, 7) is 12.0. The van der Waals surface area contributed by atoms with Crippen molar-refractivity contribution in [3.8, 4) is 11.6 Å². The molecule has 1 unspecified atom stereocenters. The van der Waals surface area contributed by atoms with Crippen molar-refractivity contribution in [2.75, 3.05) is 19.6 Å². The Labute approximate surface area is 198 Å². The fourth-order valence-corrected chi connectivity index (χ4v) is 3.84. The standard InChI is InChI=1S/C19H18N2O6.C6H15N/c1-10-9-12(22)14(18(25)27-10)13(11-7-5-4-6-8-11)15-16(23)20(2)19(26)21(3)17(15)24;1-4-7(5-2)6-3/h4-9,13,22-23H,1-3H3;4-6H2,1-3H3. The number of hydrogen-bond donors (Lipinski definition) is 2. The number of nitrogens with one attached hydrogen (secondary N) is 1. The lowest BCUT2D eigenvalue weighted by molar-refractivity contribution is -0.894. The van der Waals surface area contributed by atoms with E-state index in [4.69, 9.17) is 4.42 Å². The van der Waals surface area contributed by atoms with Crippen molar-refractivity contribution in [3.63, 3.8) is 0 Å². The predicted molar refractivity (Wildman–Crippen MR) is 128 cm³/mol. The van der Waals surface area contributed by atoms with Gasteiger partial charge in [0.2, 0.25) is 0 Å². The lowest BCUT2D eigenvalue weighted by atomic mass is 9.86. The third kappa shape index (κ3) is 5.48. The second kappa shape index (κ2) is 11.5. The Morgan fingerprint density at radius 2 is 1.53 bits per heavy atom. The van der Waals surface area contributed by atoms with Crippen LogP contribution in [0, 0.1) is 6.92 Å². The van der Waals surface area contributed by atoms with Crippen molar-refractivity contribution in [2.45, 2.75) is 33.6 Å². The Hall–Kier alpha value is -3.59. The molecule has 0 saturated heterocycles. The maximum atomic E-state index is 12.8. The number of hydrogen-bond acceptors (Lipinski definition) is 6. The van der Waals surface area contributed by atoms with E-state index in [9.17, 15) is 24.6 Å². The van der Waals surface area contributed by atoms with Gasteiger partial charge in [0.05, 0.1) is 31.1 Å².